The van der Waals surface area contributed by atoms with Crippen LogP contribution in [0.5, 0.6) is 0 Å². The lowest BCUT2D eigenvalue weighted by Crippen LogP contribution is -2.52. The van der Waals surface area contributed by atoms with Gasteiger partial charge in [0.1, 0.15) is 6.61 Å². The molecule has 0 bridgehead atoms. The SMILES string of the molecule is CCCCOCCOC(=O)N1CCC(CS(=O)(=O)N2CC=C(c3ccccc3)CC2)(C(=O)OC)CC1. The van der Waals surface area contributed by atoms with Gasteiger partial charge in [-0.1, -0.05) is 49.8 Å². The molecule has 0 saturated carbocycles. The van der Waals surface area contributed by atoms with E-state index < -0.39 is 27.5 Å². The molecule has 2 aliphatic heterocycles. The molecule has 0 N–H and O–H groups in total. The molecule has 1 aromatic carbocycles. The average molecular weight is 523 g/mol. The minimum Gasteiger partial charge on any atom is -0.469 e. The largest absolute Gasteiger partial charge is 0.469 e. The molecule has 0 aliphatic carbocycles. The summed E-state index contributed by atoms with van der Waals surface area (Å²) >= 11 is 0. The Morgan fingerprint density at radius 2 is 1.75 bits per heavy atom. The number of rotatable bonds is 11. The number of ether oxygens (including phenoxy) is 3. The lowest BCUT2D eigenvalue weighted by Gasteiger charge is -2.40. The van der Waals surface area contributed by atoms with Gasteiger partial charge in [-0.3, -0.25) is 4.79 Å². The van der Waals surface area contributed by atoms with E-state index in [0.29, 0.717) is 26.2 Å². The summed E-state index contributed by atoms with van der Waals surface area (Å²) in [6.07, 6.45) is 4.45. The zero-order valence-corrected chi connectivity index (χ0v) is 22.1. The molecule has 1 saturated heterocycles. The van der Waals surface area contributed by atoms with Gasteiger partial charge in [0.05, 0.1) is 24.9 Å². The first-order valence-electron chi connectivity index (χ1n) is 12.6. The Balaban J connectivity index is 1.57. The monoisotopic (exact) mass is 522 g/mol. The lowest BCUT2D eigenvalue weighted by atomic mass is 9.80. The summed E-state index contributed by atoms with van der Waals surface area (Å²) in [7, 11) is -2.46. The fraction of sp³-hybridized carbons (Fsp3) is 0.615. The maximum atomic E-state index is 13.4. The standard InChI is InChI=1S/C26H38N2O7S/c1-3-4-18-34-19-20-35-25(30)27-16-12-26(13-17-27,24(29)33-2)21-36(31,32)28-14-10-23(11-15-28)22-8-6-5-7-9-22/h5-10H,3-4,11-21H2,1-2H3. The van der Waals surface area contributed by atoms with Crippen molar-refractivity contribution in [1.82, 2.24) is 9.21 Å². The fourth-order valence-corrected chi connectivity index (χ4v) is 6.59. The summed E-state index contributed by atoms with van der Waals surface area (Å²) in [5.74, 6) is -0.893. The van der Waals surface area contributed by atoms with Crippen LogP contribution in [-0.4, -0.2) is 88.5 Å². The Hall–Kier alpha value is -2.43. The van der Waals surface area contributed by atoms with Gasteiger partial charge in [0.2, 0.25) is 10.0 Å². The second-order valence-corrected chi connectivity index (χ2v) is 11.3. The summed E-state index contributed by atoms with van der Waals surface area (Å²) in [5.41, 5.74) is 1.01. The van der Waals surface area contributed by atoms with E-state index in [9.17, 15) is 18.0 Å². The molecule has 1 amide bonds. The molecule has 1 aromatic rings. The van der Waals surface area contributed by atoms with E-state index in [1.54, 1.807) is 0 Å². The molecule has 0 spiro atoms. The highest BCUT2D eigenvalue weighted by atomic mass is 32.2. The van der Waals surface area contributed by atoms with E-state index in [0.717, 1.165) is 24.0 Å². The molecule has 2 aliphatic rings. The number of carbonyl (C=O) groups excluding carboxylic acids is 2. The fourth-order valence-electron chi connectivity index (χ4n) is 4.63. The van der Waals surface area contributed by atoms with Crippen molar-refractivity contribution in [1.29, 1.82) is 0 Å². The first-order valence-corrected chi connectivity index (χ1v) is 14.2. The molecule has 3 rings (SSSR count). The number of esters is 1. The number of likely N-dealkylation sites (tertiary alicyclic amines) is 1. The molecular weight excluding hydrogens is 484 g/mol. The number of amides is 1. The Bertz CT molecular complexity index is 1000. The first-order chi connectivity index (χ1) is 17.3. The minimum absolute atomic E-state index is 0.156. The Kier molecular flexibility index (Phi) is 10.3. The zero-order valence-electron chi connectivity index (χ0n) is 21.3. The van der Waals surface area contributed by atoms with Crippen molar-refractivity contribution >= 4 is 27.7 Å². The summed E-state index contributed by atoms with van der Waals surface area (Å²) in [6, 6.07) is 9.90. The second-order valence-electron chi connectivity index (χ2n) is 9.30. The van der Waals surface area contributed by atoms with Crippen LogP contribution >= 0.6 is 0 Å². The van der Waals surface area contributed by atoms with Crippen LogP contribution < -0.4 is 0 Å². The minimum atomic E-state index is -3.73. The molecule has 10 heteroatoms. The zero-order chi connectivity index (χ0) is 26.0. The molecule has 0 atom stereocenters. The van der Waals surface area contributed by atoms with Crippen molar-refractivity contribution in [3.8, 4) is 0 Å². The van der Waals surface area contributed by atoms with Gasteiger partial charge in [-0.05, 0) is 36.8 Å². The van der Waals surface area contributed by atoms with Crippen molar-refractivity contribution in [3.05, 3.63) is 42.0 Å². The molecule has 0 radical (unpaired) electrons. The summed E-state index contributed by atoms with van der Waals surface area (Å²) in [5, 5.41) is 0. The third-order valence-electron chi connectivity index (χ3n) is 6.86. The highest BCUT2D eigenvalue weighted by molar-refractivity contribution is 7.89. The molecule has 1 fully saturated rings. The number of unbranched alkanes of at least 4 members (excludes halogenated alkanes) is 1. The first kappa shape index (κ1) is 28.1. The molecule has 2 heterocycles. The summed E-state index contributed by atoms with van der Waals surface area (Å²) in [4.78, 5) is 26.7. The molecule has 36 heavy (non-hydrogen) atoms. The van der Waals surface area contributed by atoms with Crippen LogP contribution in [0.1, 0.15) is 44.6 Å². The third kappa shape index (κ3) is 7.30. The van der Waals surface area contributed by atoms with Crippen molar-refractivity contribution in [2.24, 2.45) is 5.41 Å². The van der Waals surface area contributed by atoms with Crippen LogP contribution in [0, 0.1) is 5.41 Å². The average Bonchev–Trinajstić information content (AvgIpc) is 2.90. The molecule has 0 unspecified atom stereocenters. The van der Waals surface area contributed by atoms with Crippen molar-refractivity contribution < 1.29 is 32.2 Å². The molecule has 9 nitrogen and oxygen atoms in total. The smallest absolute Gasteiger partial charge is 0.409 e. The number of piperidine rings is 1. The lowest BCUT2D eigenvalue weighted by molar-refractivity contribution is -0.154. The van der Waals surface area contributed by atoms with Crippen LogP contribution in [0.15, 0.2) is 36.4 Å². The summed E-state index contributed by atoms with van der Waals surface area (Å²) < 4.78 is 43.8. The van der Waals surface area contributed by atoms with E-state index >= 15 is 0 Å². The molecule has 0 aromatic heterocycles. The van der Waals surface area contributed by atoms with Gasteiger partial charge in [0.25, 0.3) is 0 Å². The predicted molar refractivity (Wildman–Crippen MR) is 137 cm³/mol. The van der Waals surface area contributed by atoms with E-state index in [1.807, 2.05) is 36.4 Å². The maximum Gasteiger partial charge on any atom is 0.409 e. The number of carbonyl (C=O) groups is 2. The van der Waals surface area contributed by atoms with Crippen LogP contribution in [0.2, 0.25) is 0 Å². The van der Waals surface area contributed by atoms with Crippen LogP contribution in [0.3, 0.4) is 0 Å². The number of hydrogen-bond acceptors (Lipinski definition) is 7. The van der Waals surface area contributed by atoms with Gasteiger partial charge in [-0.15, -0.1) is 0 Å². The van der Waals surface area contributed by atoms with Gasteiger partial charge in [0, 0.05) is 32.8 Å². The number of nitrogens with zero attached hydrogens (tertiary/aromatic N) is 2. The van der Waals surface area contributed by atoms with Gasteiger partial charge >= 0.3 is 12.1 Å². The highest BCUT2D eigenvalue weighted by Crippen LogP contribution is 2.36. The second kappa shape index (κ2) is 13.2. The van der Waals surface area contributed by atoms with Crippen molar-refractivity contribution in [3.63, 3.8) is 0 Å². The van der Waals surface area contributed by atoms with Gasteiger partial charge in [-0.2, -0.15) is 4.31 Å². The van der Waals surface area contributed by atoms with Crippen molar-refractivity contribution in [2.75, 3.05) is 58.9 Å². The van der Waals surface area contributed by atoms with Crippen LogP contribution in [-0.2, 0) is 29.0 Å². The summed E-state index contributed by atoms with van der Waals surface area (Å²) in [6.45, 7) is 4.26. The topological polar surface area (TPSA) is 102 Å². The number of hydrogen-bond donors (Lipinski definition) is 0. The normalized spacial score (nSPS) is 18.4. The Morgan fingerprint density at radius 3 is 2.36 bits per heavy atom. The van der Waals surface area contributed by atoms with Gasteiger partial charge < -0.3 is 19.1 Å². The van der Waals surface area contributed by atoms with E-state index in [1.165, 1.54) is 16.3 Å². The molecule has 200 valence electrons. The third-order valence-corrected chi connectivity index (χ3v) is 8.90. The number of sulfonamides is 1. The van der Waals surface area contributed by atoms with Gasteiger partial charge in [-0.25, -0.2) is 13.2 Å². The predicted octanol–water partition coefficient (Wildman–Crippen LogP) is 3.31. The quantitative estimate of drug-likeness (QED) is 0.324. The van der Waals surface area contributed by atoms with Crippen LogP contribution in [0.25, 0.3) is 5.57 Å². The van der Waals surface area contributed by atoms with Gasteiger partial charge in [0.15, 0.2) is 0 Å². The highest BCUT2D eigenvalue weighted by Gasteiger charge is 2.48. The van der Waals surface area contributed by atoms with Crippen molar-refractivity contribution in [2.45, 2.75) is 39.0 Å². The maximum absolute atomic E-state index is 13.4. The number of methoxy groups -OCH3 is 1. The molecular formula is C26H38N2O7S. The van der Waals surface area contributed by atoms with E-state index in [2.05, 4.69) is 6.92 Å². The Labute approximate surface area is 214 Å². The number of benzene rings is 1. The van der Waals surface area contributed by atoms with E-state index in [4.69, 9.17) is 14.2 Å². The Morgan fingerprint density at radius 1 is 1.03 bits per heavy atom. The van der Waals surface area contributed by atoms with E-state index in [-0.39, 0.29) is 44.8 Å². The van der Waals surface area contributed by atoms with Crippen LogP contribution in [0.4, 0.5) is 4.79 Å².